The standard InChI is InChI=1S/C20H30O4/c1-15(2)14-23-18(21)8-6-7-9-19(22)24-17-12-10-16(11-13-17)20(3,4)5/h10-13,15H,6-9,14H2,1-5H3. The van der Waals surface area contributed by atoms with Crippen LogP contribution in [0, 0.1) is 5.92 Å². The summed E-state index contributed by atoms with van der Waals surface area (Å²) in [5.74, 6) is 0.432. The first kappa shape index (κ1) is 20.2. The minimum absolute atomic E-state index is 0.0761. The molecule has 0 radical (unpaired) electrons. The molecule has 0 unspecified atom stereocenters. The van der Waals surface area contributed by atoms with Gasteiger partial charge in [0.25, 0.3) is 0 Å². The summed E-state index contributed by atoms with van der Waals surface area (Å²) in [6.07, 6.45) is 1.91. The quantitative estimate of drug-likeness (QED) is 0.394. The van der Waals surface area contributed by atoms with Gasteiger partial charge in [-0.1, -0.05) is 46.8 Å². The lowest BCUT2D eigenvalue weighted by Gasteiger charge is -2.18. The zero-order chi connectivity index (χ0) is 18.2. The van der Waals surface area contributed by atoms with Crippen LogP contribution in [0.25, 0.3) is 0 Å². The number of carbonyl (C=O) groups excluding carboxylic acids is 2. The first-order valence-electron chi connectivity index (χ1n) is 8.65. The molecule has 1 aromatic carbocycles. The van der Waals surface area contributed by atoms with Crippen LogP contribution in [-0.4, -0.2) is 18.5 Å². The van der Waals surface area contributed by atoms with Gasteiger partial charge in [0.2, 0.25) is 0 Å². The van der Waals surface area contributed by atoms with Crippen LogP contribution in [0.2, 0.25) is 0 Å². The van der Waals surface area contributed by atoms with Gasteiger partial charge in [-0.25, -0.2) is 0 Å². The highest BCUT2D eigenvalue weighted by molar-refractivity contribution is 5.72. The fraction of sp³-hybridized carbons (Fsp3) is 0.600. The highest BCUT2D eigenvalue weighted by atomic mass is 16.5. The van der Waals surface area contributed by atoms with Crippen LogP contribution in [0.3, 0.4) is 0 Å². The summed E-state index contributed by atoms with van der Waals surface area (Å²) in [7, 11) is 0. The molecule has 24 heavy (non-hydrogen) atoms. The smallest absolute Gasteiger partial charge is 0.311 e. The van der Waals surface area contributed by atoms with Gasteiger partial charge in [-0.3, -0.25) is 9.59 Å². The fourth-order valence-corrected chi connectivity index (χ4v) is 2.08. The molecule has 0 saturated carbocycles. The van der Waals surface area contributed by atoms with Gasteiger partial charge in [0.15, 0.2) is 0 Å². The second-order valence-corrected chi connectivity index (χ2v) is 7.53. The molecule has 4 nitrogen and oxygen atoms in total. The number of esters is 2. The van der Waals surface area contributed by atoms with Crippen molar-refractivity contribution in [3.05, 3.63) is 29.8 Å². The summed E-state index contributed by atoms with van der Waals surface area (Å²) >= 11 is 0. The number of hydrogen-bond donors (Lipinski definition) is 0. The highest BCUT2D eigenvalue weighted by Gasteiger charge is 2.13. The molecule has 0 saturated heterocycles. The molecule has 0 bridgehead atoms. The monoisotopic (exact) mass is 334 g/mol. The molecule has 0 atom stereocenters. The Bertz CT molecular complexity index is 524. The summed E-state index contributed by atoms with van der Waals surface area (Å²) < 4.78 is 10.4. The summed E-state index contributed by atoms with van der Waals surface area (Å²) in [6.45, 7) is 10.9. The van der Waals surface area contributed by atoms with E-state index in [1.165, 1.54) is 5.56 Å². The Morgan fingerprint density at radius 2 is 1.50 bits per heavy atom. The van der Waals surface area contributed by atoms with E-state index in [1.807, 2.05) is 38.1 Å². The number of rotatable bonds is 8. The minimum Gasteiger partial charge on any atom is -0.465 e. The van der Waals surface area contributed by atoms with Gasteiger partial charge in [-0.15, -0.1) is 0 Å². The van der Waals surface area contributed by atoms with Crippen molar-refractivity contribution in [3.8, 4) is 5.75 Å². The topological polar surface area (TPSA) is 52.6 Å². The van der Waals surface area contributed by atoms with Crippen molar-refractivity contribution in [2.75, 3.05) is 6.61 Å². The zero-order valence-electron chi connectivity index (χ0n) is 15.6. The largest absolute Gasteiger partial charge is 0.465 e. The molecular formula is C20H30O4. The Hall–Kier alpha value is -1.84. The average molecular weight is 334 g/mol. The second-order valence-electron chi connectivity index (χ2n) is 7.53. The number of benzene rings is 1. The van der Waals surface area contributed by atoms with E-state index in [2.05, 4.69) is 20.8 Å². The van der Waals surface area contributed by atoms with Crippen LogP contribution in [0.1, 0.15) is 65.9 Å². The Morgan fingerprint density at radius 3 is 2.00 bits per heavy atom. The molecule has 0 amide bonds. The highest BCUT2D eigenvalue weighted by Crippen LogP contribution is 2.24. The average Bonchev–Trinajstić information content (AvgIpc) is 2.49. The van der Waals surface area contributed by atoms with Crippen LogP contribution in [-0.2, 0) is 19.7 Å². The molecule has 0 aliphatic carbocycles. The normalized spacial score (nSPS) is 11.4. The molecule has 0 heterocycles. The molecule has 4 heteroatoms. The molecule has 1 rings (SSSR count). The molecule has 134 valence electrons. The lowest BCUT2D eigenvalue weighted by atomic mass is 9.87. The van der Waals surface area contributed by atoms with Crippen molar-refractivity contribution in [3.63, 3.8) is 0 Å². The fourth-order valence-electron chi connectivity index (χ4n) is 2.08. The predicted octanol–water partition coefficient (Wildman–Crippen LogP) is 4.65. The summed E-state index contributed by atoms with van der Waals surface area (Å²) in [4.78, 5) is 23.3. The van der Waals surface area contributed by atoms with Crippen molar-refractivity contribution in [2.45, 2.75) is 65.7 Å². The van der Waals surface area contributed by atoms with E-state index in [0.717, 1.165) is 0 Å². The van der Waals surface area contributed by atoms with Gasteiger partial charge in [0.1, 0.15) is 5.75 Å². The molecule has 0 spiro atoms. The van der Waals surface area contributed by atoms with Crippen molar-refractivity contribution < 1.29 is 19.1 Å². The van der Waals surface area contributed by atoms with E-state index < -0.39 is 0 Å². The Morgan fingerprint density at radius 1 is 0.958 bits per heavy atom. The molecule has 0 fully saturated rings. The van der Waals surface area contributed by atoms with Crippen molar-refractivity contribution >= 4 is 11.9 Å². The molecule has 1 aromatic rings. The summed E-state index contributed by atoms with van der Waals surface area (Å²) in [5, 5.41) is 0. The van der Waals surface area contributed by atoms with E-state index in [0.29, 0.717) is 44.0 Å². The van der Waals surface area contributed by atoms with Gasteiger partial charge < -0.3 is 9.47 Å². The van der Waals surface area contributed by atoms with Crippen LogP contribution < -0.4 is 4.74 Å². The van der Waals surface area contributed by atoms with Crippen LogP contribution >= 0.6 is 0 Å². The third-order valence-corrected chi connectivity index (χ3v) is 3.54. The first-order valence-corrected chi connectivity index (χ1v) is 8.65. The Labute approximate surface area is 145 Å². The third kappa shape index (κ3) is 8.14. The number of ether oxygens (including phenoxy) is 2. The van der Waals surface area contributed by atoms with E-state index in [4.69, 9.17) is 9.47 Å². The maximum atomic E-state index is 11.8. The van der Waals surface area contributed by atoms with Crippen LogP contribution in [0.15, 0.2) is 24.3 Å². The summed E-state index contributed by atoms with van der Waals surface area (Å²) in [6, 6.07) is 7.60. The van der Waals surface area contributed by atoms with Gasteiger partial charge in [0, 0.05) is 12.8 Å². The number of unbranched alkanes of at least 4 members (excludes halogenated alkanes) is 1. The number of carbonyl (C=O) groups is 2. The Kier molecular flexibility index (Phi) is 7.96. The summed E-state index contributed by atoms with van der Waals surface area (Å²) in [5.41, 5.74) is 1.27. The van der Waals surface area contributed by atoms with E-state index in [1.54, 1.807) is 0 Å². The maximum Gasteiger partial charge on any atom is 0.311 e. The minimum atomic E-state index is -0.269. The van der Waals surface area contributed by atoms with Crippen molar-refractivity contribution in [1.82, 2.24) is 0 Å². The second kappa shape index (κ2) is 9.45. The van der Waals surface area contributed by atoms with E-state index in [9.17, 15) is 9.59 Å². The molecule has 0 aromatic heterocycles. The molecule has 0 aliphatic rings. The molecule has 0 aliphatic heterocycles. The van der Waals surface area contributed by atoms with Gasteiger partial charge in [-0.05, 0) is 41.9 Å². The molecule has 0 N–H and O–H groups in total. The van der Waals surface area contributed by atoms with Crippen LogP contribution in [0.4, 0.5) is 0 Å². The zero-order valence-corrected chi connectivity index (χ0v) is 15.6. The lowest BCUT2D eigenvalue weighted by molar-refractivity contribution is -0.145. The first-order chi connectivity index (χ1) is 11.2. The van der Waals surface area contributed by atoms with E-state index >= 15 is 0 Å². The van der Waals surface area contributed by atoms with Gasteiger partial charge in [-0.2, -0.15) is 0 Å². The van der Waals surface area contributed by atoms with Gasteiger partial charge >= 0.3 is 11.9 Å². The predicted molar refractivity (Wildman–Crippen MR) is 95.0 cm³/mol. The van der Waals surface area contributed by atoms with Gasteiger partial charge in [0.05, 0.1) is 6.61 Å². The van der Waals surface area contributed by atoms with Crippen molar-refractivity contribution in [2.24, 2.45) is 5.92 Å². The lowest BCUT2D eigenvalue weighted by Crippen LogP contribution is -2.12. The van der Waals surface area contributed by atoms with Crippen LogP contribution in [0.5, 0.6) is 5.75 Å². The molecular weight excluding hydrogens is 304 g/mol. The Balaban J connectivity index is 2.26. The third-order valence-electron chi connectivity index (χ3n) is 3.54. The van der Waals surface area contributed by atoms with E-state index in [-0.39, 0.29) is 17.4 Å². The van der Waals surface area contributed by atoms with Crippen molar-refractivity contribution in [1.29, 1.82) is 0 Å². The SMILES string of the molecule is CC(C)COC(=O)CCCCC(=O)Oc1ccc(C(C)(C)C)cc1. The number of hydrogen-bond acceptors (Lipinski definition) is 4. The maximum absolute atomic E-state index is 11.8.